The minimum Gasteiger partial charge on any atom is -0.475 e. The SMILES string of the molecule is CC(C)[C@H](N)C(=O)OC1OC(=O)N(c2ccc(-c3ccc(-c4nnn(C)n4)nc3)c(F)c2)[C@@H]1C.O=C(O)C(F)(F)F. The van der Waals surface area contributed by atoms with Crippen LogP contribution in [0.5, 0.6) is 0 Å². The summed E-state index contributed by atoms with van der Waals surface area (Å²) in [4.78, 5) is 40.3. The maximum absolute atomic E-state index is 15.0. The molecule has 2 aromatic heterocycles. The molecule has 0 aliphatic carbocycles. The van der Waals surface area contributed by atoms with Gasteiger partial charge < -0.3 is 20.3 Å². The van der Waals surface area contributed by atoms with E-state index in [2.05, 4.69) is 20.4 Å². The van der Waals surface area contributed by atoms with Gasteiger partial charge in [0, 0.05) is 17.3 Å². The second kappa shape index (κ2) is 12.2. The van der Waals surface area contributed by atoms with E-state index >= 15 is 4.39 Å². The molecule has 17 heteroatoms. The number of cyclic esters (lactones) is 1. The lowest BCUT2D eigenvalue weighted by molar-refractivity contribution is -0.192. The highest BCUT2D eigenvalue weighted by Crippen LogP contribution is 2.32. The molecule has 3 atom stereocenters. The van der Waals surface area contributed by atoms with Crippen molar-refractivity contribution < 1.29 is 46.5 Å². The zero-order chi connectivity index (χ0) is 30.6. The third kappa shape index (κ3) is 7.30. The van der Waals surface area contributed by atoms with E-state index in [-0.39, 0.29) is 11.6 Å². The van der Waals surface area contributed by atoms with Crippen LogP contribution in [0.4, 0.5) is 28.0 Å². The molecule has 1 aliphatic rings. The second-order valence-electron chi connectivity index (χ2n) is 9.07. The number of rotatable bonds is 6. The van der Waals surface area contributed by atoms with Gasteiger partial charge in [0.1, 0.15) is 23.6 Å². The molecule has 1 aliphatic heterocycles. The van der Waals surface area contributed by atoms with Crippen LogP contribution in [0.3, 0.4) is 0 Å². The third-order valence-electron chi connectivity index (χ3n) is 5.72. The van der Waals surface area contributed by atoms with Crippen LogP contribution < -0.4 is 10.6 Å². The summed E-state index contributed by atoms with van der Waals surface area (Å²) in [5.74, 6) is -3.77. The number of carbonyl (C=O) groups excluding carboxylic acids is 2. The monoisotopic (exact) mass is 583 g/mol. The van der Waals surface area contributed by atoms with Crippen molar-refractivity contribution in [1.82, 2.24) is 25.2 Å². The molecule has 3 aromatic rings. The number of aliphatic carboxylic acids is 1. The van der Waals surface area contributed by atoms with Crippen molar-refractivity contribution in [2.75, 3.05) is 4.90 Å². The molecule has 1 saturated heterocycles. The molecule has 1 aromatic carbocycles. The van der Waals surface area contributed by atoms with Crippen LogP contribution in [0.1, 0.15) is 20.8 Å². The van der Waals surface area contributed by atoms with E-state index in [1.54, 1.807) is 46.0 Å². The minimum atomic E-state index is -5.08. The lowest BCUT2D eigenvalue weighted by atomic mass is 10.1. The molecule has 13 nitrogen and oxygen atoms in total. The predicted octanol–water partition coefficient (Wildman–Crippen LogP) is 2.91. The van der Waals surface area contributed by atoms with Gasteiger partial charge in [-0.3, -0.25) is 14.7 Å². The fourth-order valence-electron chi connectivity index (χ4n) is 3.43. The van der Waals surface area contributed by atoms with Gasteiger partial charge in [-0.15, -0.1) is 10.2 Å². The normalized spacial score (nSPS) is 17.5. The lowest BCUT2D eigenvalue weighted by Gasteiger charge is -2.22. The van der Waals surface area contributed by atoms with Crippen molar-refractivity contribution in [3.05, 3.63) is 42.3 Å². The van der Waals surface area contributed by atoms with E-state index in [1.807, 2.05) is 0 Å². The average molecular weight is 583 g/mol. The number of tetrazole rings is 1. The number of carboxylic acid groups (broad SMARTS) is 1. The van der Waals surface area contributed by atoms with E-state index in [4.69, 9.17) is 25.1 Å². The first-order valence-corrected chi connectivity index (χ1v) is 11.9. The number of anilines is 1. The van der Waals surface area contributed by atoms with Crippen molar-refractivity contribution in [2.24, 2.45) is 18.7 Å². The van der Waals surface area contributed by atoms with Gasteiger partial charge in [-0.05, 0) is 42.3 Å². The Morgan fingerprint density at radius 3 is 2.34 bits per heavy atom. The zero-order valence-electron chi connectivity index (χ0n) is 22.0. The van der Waals surface area contributed by atoms with Gasteiger partial charge in [0.05, 0.1) is 12.7 Å². The summed E-state index contributed by atoms with van der Waals surface area (Å²) in [7, 11) is 1.64. The van der Waals surface area contributed by atoms with Crippen LogP contribution in [-0.4, -0.2) is 72.9 Å². The van der Waals surface area contributed by atoms with E-state index in [0.29, 0.717) is 22.6 Å². The standard InChI is InChI=1S/C22H24FN7O4.C2HF3O2/c1-11(2)18(24)20(31)33-21-12(3)30(22(32)34-21)14-6-7-15(16(23)9-14)13-5-8-17(25-10-13)19-26-28-29(4)27-19;3-2(4,5)1(6)7/h5-12,18,21H,24H2,1-4H3;(H,6,7)/t12-,18+,21?;/m1./s1. The first-order valence-electron chi connectivity index (χ1n) is 11.9. The molecule has 220 valence electrons. The summed E-state index contributed by atoms with van der Waals surface area (Å²) in [6, 6.07) is 6.17. The maximum Gasteiger partial charge on any atom is 0.490 e. The Bertz CT molecular complexity index is 1410. The summed E-state index contributed by atoms with van der Waals surface area (Å²) in [5.41, 5.74) is 7.39. The number of hydrogen-bond acceptors (Lipinski definition) is 10. The molecular formula is C24H25F4N7O6. The number of hydrogen-bond donors (Lipinski definition) is 2. The molecule has 0 bridgehead atoms. The Morgan fingerprint density at radius 1 is 1.20 bits per heavy atom. The van der Waals surface area contributed by atoms with Gasteiger partial charge in [-0.2, -0.15) is 18.0 Å². The Hall–Kier alpha value is -4.67. The number of benzene rings is 1. The smallest absolute Gasteiger partial charge is 0.475 e. The molecule has 4 rings (SSSR count). The minimum absolute atomic E-state index is 0.141. The molecule has 3 N–H and O–H groups in total. The number of halogens is 4. The number of aromatic nitrogens is 5. The molecule has 0 saturated carbocycles. The largest absolute Gasteiger partial charge is 0.490 e. The number of nitrogens with two attached hydrogens (primary N) is 1. The number of carbonyl (C=O) groups is 3. The molecule has 1 amide bonds. The lowest BCUT2D eigenvalue weighted by Crippen LogP contribution is -2.42. The van der Waals surface area contributed by atoms with Crippen molar-refractivity contribution in [3.63, 3.8) is 0 Å². The first-order chi connectivity index (χ1) is 19.1. The number of ether oxygens (including phenoxy) is 2. The highest BCUT2D eigenvalue weighted by molar-refractivity contribution is 5.91. The van der Waals surface area contributed by atoms with Gasteiger partial charge >= 0.3 is 24.2 Å². The van der Waals surface area contributed by atoms with Gasteiger partial charge in [0.2, 0.25) is 5.82 Å². The van der Waals surface area contributed by atoms with Gasteiger partial charge in [-0.25, -0.2) is 14.0 Å². The number of nitrogens with zero attached hydrogens (tertiary/aromatic N) is 6. The third-order valence-corrected chi connectivity index (χ3v) is 5.72. The number of esters is 1. The topological polar surface area (TPSA) is 176 Å². The van der Waals surface area contributed by atoms with Crippen molar-refractivity contribution in [1.29, 1.82) is 0 Å². The first kappa shape index (κ1) is 30.9. The van der Waals surface area contributed by atoms with Gasteiger partial charge in [-0.1, -0.05) is 19.9 Å². The van der Waals surface area contributed by atoms with Crippen molar-refractivity contribution in [2.45, 2.75) is 45.3 Å². The molecule has 0 radical (unpaired) electrons. The Morgan fingerprint density at radius 2 is 1.85 bits per heavy atom. The van der Waals surface area contributed by atoms with E-state index in [1.165, 1.54) is 28.0 Å². The number of alkyl halides is 3. The van der Waals surface area contributed by atoms with Gasteiger partial charge in [0.15, 0.2) is 0 Å². The zero-order valence-corrected chi connectivity index (χ0v) is 22.0. The Balaban J connectivity index is 0.000000587. The molecule has 41 heavy (non-hydrogen) atoms. The summed E-state index contributed by atoms with van der Waals surface area (Å²) >= 11 is 0. The highest BCUT2D eigenvalue weighted by atomic mass is 19.4. The molecule has 1 unspecified atom stereocenters. The fraction of sp³-hybridized carbons (Fsp3) is 0.375. The van der Waals surface area contributed by atoms with Crippen LogP contribution in [0.25, 0.3) is 22.6 Å². The summed E-state index contributed by atoms with van der Waals surface area (Å²) < 4.78 is 57.2. The van der Waals surface area contributed by atoms with E-state index in [0.717, 1.165) is 0 Å². The summed E-state index contributed by atoms with van der Waals surface area (Å²) in [5, 5.41) is 18.9. The number of amides is 1. The number of aryl methyl sites for hydroxylation is 1. The van der Waals surface area contributed by atoms with Crippen molar-refractivity contribution in [3.8, 4) is 22.6 Å². The maximum atomic E-state index is 15.0. The number of carboxylic acids is 1. The molecule has 0 spiro atoms. The molecule has 3 heterocycles. The summed E-state index contributed by atoms with van der Waals surface area (Å²) in [6.07, 6.45) is -5.48. The molecular weight excluding hydrogens is 558 g/mol. The number of pyridine rings is 1. The van der Waals surface area contributed by atoms with E-state index in [9.17, 15) is 22.8 Å². The van der Waals surface area contributed by atoms with Crippen LogP contribution in [0.15, 0.2) is 36.5 Å². The average Bonchev–Trinajstić information content (AvgIpc) is 3.45. The van der Waals surface area contributed by atoms with Crippen LogP contribution in [0, 0.1) is 11.7 Å². The van der Waals surface area contributed by atoms with Crippen LogP contribution in [-0.2, 0) is 26.1 Å². The summed E-state index contributed by atoms with van der Waals surface area (Å²) in [6.45, 7) is 5.20. The second-order valence-corrected chi connectivity index (χ2v) is 9.07. The Kier molecular flexibility index (Phi) is 9.21. The van der Waals surface area contributed by atoms with Crippen molar-refractivity contribution >= 4 is 23.7 Å². The van der Waals surface area contributed by atoms with E-state index < -0.39 is 48.4 Å². The van der Waals surface area contributed by atoms with Gasteiger partial charge in [0.25, 0.3) is 6.29 Å². The Labute approximate surface area is 229 Å². The highest BCUT2D eigenvalue weighted by Gasteiger charge is 2.43. The molecule has 1 fully saturated rings. The fourth-order valence-corrected chi connectivity index (χ4v) is 3.43. The quantitative estimate of drug-likeness (QED) is 0.322. The van der Waals surface area contributed by atoms with Crippen LogP contribution in [0.2, 0.25) is 0 Å². The van der Waals surface area contributed by atoms with Crippen LogP contribution >= 0.6 is 0 Å². The predicted molar refractivity (Wildman–Crippen MR) is 132 cm³/mol.